The van der Waals surface area contributed by atoms with E-state index in [2.05, 4.69) is 15.2 Å². The van der Waals surface area contributed by atoms with E-state index in [9.17, 15) is 4.79 Å². The van der Waals surface area contributed by atoms with Crippen LogP contribution in [0.5, 0.6) is 0 Å². The molecule has 0 aliphatic rings. The topological polar surface area (TPSA) is 80.9 Å². The molecule has 0 aromatic carbocycles. The van der Waals surface area contributed by atoms with Crippen molar-refractivity contribution in [2.75, 3.05) is 0 Å². The average molecular weight is 190 g/mol. The van der Waals surface area contributed by atoms with Gasteiger partial charge in [0.15, 0.2) is 0 Å². The van der Waals surface area contributed by atoms with E-state index < -0.39 is 5.97 Å². The number of carbonyl (C=O) groups is 1. The molecule has 6 nitrogen and oxygen atoms in total. The molecule has 0 spiro atoms. The predicted molar refractivity (Wildman–Crippen MR) is 46.1 cm³/mol. The number of rotatable bonds is 2. The van der Waals surface area contributed by atoms with Gasteiger partial charge in [-0.2, -0.15) is 10.2 Å². The first-order chi connectivity index (χ1) is 6.79. The maximum atomic E-state index is 10.8. The van der Waals surface area contributed by atoms with Crippen LogP contribution in [0.1, 0.15) is 10.4 Å². The van der Waals surface area contributed by atoms with Crippen LogP contribution in [-0.2, 0) is 0 Å². The van der Waals surface area contributed by atoms with Gasteiger partial charge in [0, 0.05) is 6.20 Å². The van der Waals surface area contributed by atoms with Gasteiger partial charge < -0.3 is 5.11 Å². The van der Waals surface area contributed by atoms with Crippen LogP contribution in [0.15, 0.2) is 30.9 Å². The zero-order valence-electron chi connectivity index (χ0n) is 7.03. The van der Waals surface area contributed by atoms with Gasteiger partial charge in [0.1, 0.15) is 5.69 Å². The van der Waals surface area contributed by atoms with Crippen molar-refractivity contribution in [3.63, 3.8) is 0 Å². The van der Waals surface area contributed by atoms with Gasteiger partial charge in [-0.15, -0.1) is 4.80 Å². The van der Waals surface area contributed by atoms with Gasteiger partial charge in [-0.1, -0.05) is 0 Å². The summed E-state index contributed by atoms with van der Waals surface area (Å²) >= 11 is 0. The molecule has 1 N–H and O–H groups in total. The number of aromatic nitrogens is 4. The van der Waals surface area contributed by atoms with Crippen molar-refractivity contribution in [3.05, 3.63) is 36.4 Å². The molecular formula is C8H6N4O2. The lowest BCUT2D eigenvalue weighted by Gasteiger charge is -2.02. The highest BCUT2D eigenvalue weighted by Gasteiger charge is 2.11. The Morgan fingerprint density at radius 2 is 2.00 bits per heavy atom. The molecule has 0 atom stereocenters. The molecule has 0 saturated heterocycles. The van der Waals surface area contributed by atoms with Gasteiger partial charge in [-0.3, -0.25) is 4.98 Å². The Hall–Kier alpha value is -2.24. The molecule has 0 unspecified atom stereocenters. The second-order valence-corrected chi connectivity index (χ2v) is 2.52. The van der Waals surface area contributed by atoms with Crippen molar-refractivity contribution in [2.45, 2.75) is 0 Å². The van der Waals surface area contributed by atoms with E-state index in [0.29, 0.717) is 5.69 Å². The van der Waals surface area contributed by atoms with Gasteiger partial charge in [0.25, 0.3) is 0 Å². The maximum Gasteiger partial charge on any atom is 0.338 e. The standard InChI is InChI=1S/C8H6N4O2/c13-8(14)6-1-2-9-5-7(6)12-10-3-4-11-12/h1-5H,(H,13,14). The van der Waals surface area contributed by atoms with Crippen LogP contribution in [0, 0.1) is 0 Å². The minimum Gasteiger partial charge on any atom is -0.478 e. The molecule has 0 radical (unpaired) electrons. The molecule has 0 saturated carbocycles. The lowest BCUT2D eigenvalue weighted by atomic mass is 10.2. The van der Waals surface area contributed by atoms with Crippen LogP contribution >= 0.6 is 0 Å². The highest BCUT2D eigenvalue weighted by Crippen LogP contribution is 2.09. The van der Waals surface area contributed by atoms with Crippen molar-refractivity contribution in [1.82, 2.24) is 20.0 Å². The first-order valence-corrected chi connectivity index (χ1v) is 3.83. The summed E-state index contributed by atoms with van der Waals surface area (Å²) < 4.78 is 0. The maximum absolute atomic E-state index is 10.8. The van der Waals surface area contributed by atoms with Gasteiger partial charge in [-0.25, -0.2) is 4.79 Å². The molecule has 2 rings (SSSR count). The van der Waals surface area contributed by atoms with Crippen LogP contribution in [0.3, 0.4) is 0 Å². The number of hydrogen-bond donors (Lipinski definition) is 1. The number of carboxylic acids is 1. The predicted octanol–water partition coefficient (Wildman–Crippen LogP) is 0.360. The summed E-state index contributed by atoms with van der Waals surface area (Å²) in [6.07, 6.45) is 5.76. The first-order valence-electron chi connectivity index (χ1n) is 3.83. The fraction of sp³-hybridized carbons (Fsp3) is 0. The van der Waals surface area contributed by atoms with Crippen LogP contribution in [0.2, 0.25) is 0 Å². The molecule has 2 aromatic rings. The van der Waals surface area contributed by atoms with Crippen molar-refractivity contribution in [1.29, 1.82) is 0 Å². The van der Waals surface area contributed by atoms with E-state index in [4.69, 9.17) is 5.11 Å². The van der Waals surface area contributed by atoms with E-state index in [-0.39, 0.29) is 5.56 Å². The number of hydrogen-bond acceptors (Lipinski definition) is 4. The molecule has 0 aliphatic heterocycles. The number of aromatic carboxylic acids is 1. The van der Waals surface area contributed by atoms with Gasteiger partial charge in [0.2, 0.25) is 0 Å². The Labute approximate surface area is 78.8 Å². The number of carboxylic acid groups (broad SMARTS) is 1. The molecular weight excluding hydrogens is 184 g/mol. The summed E-state index contributed by atoms with van der Waals surface area (Å²) in [5.41, 5.74) is 0.473. The van der Waals surface area contributed by atoms with Crippen LogP contribution in [-0.4, -0.2) is 31.1 Å². The van der Waals surface area contributed by atoms with E-state index in [1.165, 1.54) is 35.7 Å². The average Bonchev–Trinajstić information content (AvgIpc) is 2.70. The Bertz CT molecular complexity index is 452. The second-order valence-electron chi connectivity index (χ2n) is 2.52. The second kappa shape index (κ2) is 3.25. The van der Waals surface area contributed by atoms with E-state index in [0.717, 1.165) is 0 Å². The smallest absolute Gasteiger partial charge is 0.338 e. The lowest BCUT2D eigenvalue weighted by molar-refractivity contribution is 0.0696. The summed E-state index contributed by atoms with van der Waals surface area (Å²) in [6.45, 7) is 0. The van der Waals surface area contributed by atoms with E-state index >= 15 is 0 Å². The van der Waals surface area contributed by atoms with Gasteiger partial charge in [0.05, 0.1) is 24.2 Å². The molecule has 2 aromatic heterocycles. The minimum absolute atomic E-state index is 0.121. The Morgan fingerprint density at radius 3 is 2.64 bits per heavy atom. The highest BCUT2D eigenvalue weighted by molar-refractivity contribution is 5.91. The highest BCUT2D eigenvalue weighted by atomic mass is 16.4. The first kappa shape index (κ1) is 8.36. The Balaban J connectivity index is 2.58. The SMILES string of the molecule is O=C(O)c1ccncc1-n1nccn1. The van der Waals surface area contributed by atoms with E-state index in [1.807, 2.05) is 0 Å². The summed E-state index contributed by atoms with van der Waals surface area (Å²) in [4.78, 5) is 15.9. The number of nitrogens with zero attached hydrogens (tertiary/aromatic N) is 4. The van der Waals surface area contributed by atoms with Crippen LogP contribution in [0.4, 0.5) is 0 Å². The molecule has 0 bridgehead atoms. The molecule has 70 valence electrons. The molecule has 2 heterocycles. The van der Waals surface area contributed by atoms with Crippen LogP contribution in [0.25, 0.3) is 5.69 Å². The van der Waals surface area contributed by atoms with Crippen LogP contribution < -0.4 is 0 Å². The minimum atomic E-state index is -1.03. The monoisotopic (exact) mass is 190 g/mol. The van der Waals surface area contributed by atoms with E-state index in [1.54, 1.807) is 0 Å². The number of pyridine rings is 1. The fourth-order valence-electron chi connectivity index (χ4n) is 1.07. The molecule has 14 heavy (non-hydrogen) atoms. The van der Waals surface area contributed by atoms with Gasteiger partial charge in [-0.05, 0) is 6.07 Å². The van der Waals surface area contributed by atoms with Crippen molar-refractivity contribution < 1.29 is 9.90 Å². The zero-order chi connectivity index (χ0) is 9.97. The fourth-order valence-corrected chi connectivity index (χ4v) is 1.07. The largest absolute Gasteiger partial charge is 0.478 e. The van der Waals surface area contributed by atoms with Gasteiger partial charge >= 0.3 is 5.97 Å². The lowest BCUT2D eigenvalue weighted by Crippen LogP contribution is -2.08. The normalized spacial score (nSPS) is 10.0. The quantitative estimate of drug-likeness (QED) is 0.739. The molecule has 0 fully saturated rings. The van der Waals surface area contributed by atoms with Crippen molar-refractivity contribution in [2.24, 2.45) is 0 Å². The third-order valence-electron chi connectivity index (χ3n) is 1.66. The third-order valence-corrected chi connectivity index (χ3v) is 1.66. The Kier molecular flexibility index (Phi) is 1.94. The van der Waals surface area contributed by atoms with Crippen molar-refractivity contribution >= 4 is 5.97 Å². The Morgan fingerprint density at radius 1 is 1.29 bits per heavy atom. The molecule has 0 amide bonds. The summed E-state index contributed by atoms with van der Waals surface area (Å²) in [6, 6.07) is 1.40. The third kappa shape index (κ3) is 1.33. The molecule has 6 heteroatoms. The summed E-state index contributed by atoms with van der Waals surface area (Å²) in [5.74, 6) is -1.03. The summed E-state index contributed by atoms with van der Waals surface area (Å²) in [7, 11) is 0. The molecule has 0 aliphatic carbocycles. The summed E-state index contributed by atoms with van der Waals surface area (Å²) in [5, 5.41) is 16.5. The zero-order valence-corrected chi connectivity index (χ0v) is 7.03. The van der Waals surface area contributed by atoms with Crippen molar-refractivity contribution in [3.8, 4) is 5.69 Å².